The molecule has 0 aromatic heterocycles. The van der Waals surface area contributed by atoms with Gasteiger partial charge in [0, 0.05) is 10.8 Å². The first kappa shape index (κ1) is 18.9. The Labute approximate surface area is 170 Å². The molecule has 0 amide bonds. The smallest absolute Gasteiger partial charge is 0.0724 e. The van der Waals surface area contributed by atoms with Crippen LogP contribution in [0.25, 0.3) is 0 Å². The van der Waals surface area contributed by atoms with Gasteiger partial charge in [-0.05, 0) is 36.8 Å². The van der Waals surface area contributed by atoms with Crippen LogP contribution in [0.4, 0.5) is 0 Å². The average Bonchev–Trinajstić information content (AvgIpc) is 2.76. The Morgan fingerprint density at radius 2 is 1.07 bits per heavy atom. The number of hydrogen-bond donors (Lipinski definition) is 0. The maximum atomic E-state index is 14.3. The second kappa shape index (κ2) is 8.28. The van der Waals surface area contributed by atoms with E-state index >= 15 is 0 Å². The molecule has 2 aliphatic rings. The lowest BCUT2D eigenvalue weighted by molar-refractivity contribution is 0.578. The van der Waals surface area contributed by atoms with Gasteiger partial charge in [0.15, 0.2) is 0 Å². The predicted octanol–water partition coefficient (Wildman–Crippen LogP) is 5.73. The number of benzene rings is 2. The van der Waals surface area contributed by atoms with Crippen LogP contribution in [0.1, 0.15) is 24.0 Å². The third kappa shape index (κ3) is 3.88. The second-order valence-corrected chi connectivity index (χ2v) is 9.87. The number of allylic oxidation sites excluding steroid dienone is 6. The highest BCUT2D eigenvalue weighted by Crippen LogP contribution is 2.40. The molecule has 0 heterocycles. The molecule has 2 unspecified atom stereocenters. The third-order valence-corrected chi connectivity index (χ3v) is 8.02. The van der Waals surface area contributed by atoms with E-state index in [4.69, 9.17) is 0 Å². The van der Waals surface area contributed by atoms with E-state index in [-0.39, 0.29) is 9.49 Å². The Balaban J connectivity index is 1.72. The van der Waals surface area contributed by atoms with E-state index in [2.05, 4.69) is 97.1 Å². The van der Waals surface area contributed by atoms with Gasteiger partial charge < -0.3 is 0 Å². The zero-order valence-corrected chi connectivity index (χ0v) is 16.9. The van der Waals surface area contributed by atoms with Crippen LogP contribution in [0, 0.1) is 0 Å². The van der Waals surface area contributed by atoms with Crippen molar-refractivity contribution in [2.45, 2.75) is 35.2 Å². The summed E-state index contributed by atoms with van der Waals surface area (Å²) in [5.74, 6) is 0. The second-order valence-electron chi connectivity index (χ2n) is 7.71. The van der Waals surface area contributed by atoms with Crippen LogP contribution in [-0.4, -0.2) is 13.7 Å². The topological polar surface area (TPSA) is 17.1 Å². The minimum atomic E-state index is -1.09. The Hall–Kier alpha value is -2.45. The summed E-state index contributed by atoms with van der Waals surface area (Å²) in [5.41, 5.74) is 2.47. The molecule has 0 aliphatic heterocycles. The van der Waals surface area contributed by atoms with E-state index in [1.165, 1.54) is 11.1 Å². The molecule has 0 saturated carbocycles. The minimum absolute atomic E-state index is 0.388. The minimum Gasteiger partial charge on any atom is -0.258 e. The van der Waals surface area contributed by atoms with Gasteiger partial charge in [0.1, 0.15) is 0 Å². The summed E-state index contributed by atoms with van der Waals surface area (Å²) in [6.07, 6.45) is 20.2. The monoisotopic (exact) mass is 386 g/mol. The van der Waals surface area contributed by atoms with Gasteiger partial charge in [0.2, 0.25) is 0 Å². The largest absolute Gasteiger partial charge is 0.258 e. The predicted molar refractivity (Wildman–Crippen MR) is 120 cm³/mol. The lowest BCUT2D eigenvalue weighted by atomic mass is 9.91. The van der Waals surface area contributed by atoms with Crippen molar-refractivity contribution in [1.29, 1.82) is 0 Å². The van der Waals surface area contributed by atoms with Crippen LogP contribution in [0.15, 0.2) is 109 Å². The molecule has 2 atom stereocenters. The van der Waals surface area contributed by atoms with Crippen molar-refractivity contribution >= 4 is 10.8 Å². The molecule has 1 nitrogen and oxygen atoms in total. The summed E-state index contributed by atoms with van der Waals surface area (Å²) < 4.78 is 13.6. The highest BCUT2D eigenvalue weighted by atomic mass is 32.2. The van der Waals surface area contributed by atoms with Crippen LogP contribution in [0.2, 0.25) is 0 Å². The Bertz CT molecular complexity index is 861. The molecule has 2 aliphatic carbocycles. The molecule has 0 radical (unpaired) electrons. The molecule has 142 valence electrons. The molecule has 0 saturated heterocycles. The first-order chi connectivity index (χ1) is 13.7. The summed E-state index contributed by atoms with van der Waals surface area (Å²) in [4.78, 5) is 0. The highest BCUT2D eigenvalue weighted by molar-refractivity contribution is 7.88. The Morgan fingerprint density at radius 1 is 0.643 bits per heavy atom. The molecule has 28 heavy (non-hydrogen) atoms. The van der Waals surface area contributed by atoms with Gasteiger partial charge in [-0.1, -0.05) is 109 Å². The van der Waals surface area contributed by atoms with Crippen molar-refractivity contribution in [3.8, 4) is 0 Å². The van der Waals surface area contributed by atoms with Crippen LogP contribution >= 0.6 is 0 Å². The lowest BCUT2D eigenvalue weighted by Gasteiger charge is -2.41. The normalized spacial score (nSPS) is 27.0. The third-order valence-electron chi connectivity index (χ3n) is 5.65. The van der Waals surface area contributed by atoms with E-state index in [1.54, 1.807) is 0 Å². The summed E-state index contributed by atoms with van der Waals surface area (Å²) >= 11 is 0. The van der Waals surface area contributed by atoms with Crippen LogP contribution in [0.3, 0.4) is 0 Å². The molecule has 0 N–H and O–H groups in total. The first-order valence-corrected chi connectivity index (χ1v) is 11.1. The van der Waals surface area contributed by atoms with Crippen molar-refractivity contribution < 1.29 is 4.21 Å². The molecular weight excluding hydrogens is 360 g/mol. The molecule has 4 rings (SSSR count). The van der Waals surface area contributed by atoms with Crippen molar-refractivity contribution in [3.63, 3.8) is 0 Å². The summed E-state index contributed by atoms with van der Waals surface area (Å²) in [7, 11) is -1.09. The molecule has 2 aromatic rings. The number of hydrogen-bond acceptors (Lipinski definition) is 1. The van der Waals surface area contributed by atoms with Gasteiger partial charge >= 0.3 is 0 Å². The van der Waals surface area contributed by atoms with Gasteiger partial charge in [0.25, 0.3) is 0 Å². The average molecular weight is 387 g/mol. The molecular formula is C26H26OS. The van der Waals surface area contributed by atoms with Crippen LogP contribution in [0.5, 0.6) is 0 Å². The molecule has 2 heteroatoms. The van der Waals surface area contributed by atoms with Crippen molar-refractivity contribution in [1.82, 2.24) is 0 Å². The summed E-state index contributed by atoms with van der Waals surface area (Å²) in [6.45, 7) is 0. The fraction of sp³-hybridized carbons (Fsp3) is 0.231. The molecule has 0 bridgehead atoms. The Kier molecular flexibility index (Phi) is 5.59. The first-order valence-electron chi connectivity index (χ1n) is 9.91. The highest BCUT2D eigenvalue weighted by Gasteiger charge is 2.46. The SMILES string of the molecule is O=S(C1(Cc2ccccc2)C=CC=CC1)C1(Cc2ccccc2)C=CC=CC1. The van der Waals surface area contributed by atoms with E-state index in [9.17, 15) is 4.21 Å². The summed E-state index contributed by atoms with van der Waals surface area (Å²) in [6, 6.07) is 20.9. The van der Waals surface area contributed by atoms with Gasteiger partial charge in [-0.15, -0.1) is 0 Å². The lowest BCUT2D eigenvalue weighted by Crippen LogP contribution is -2.48. The molecule has 2 aromatic carbocycles. The van der Waals surface area contributed by atoms with E-state index in [0.717, 1.165) is 25.7 Å². The standard InChI is InChI=1S/C26H26OS/c27-28(25(17-9-3-10-18-25)21-23-13-5-1-6-14-23)26(19-11-4-12-20-26)22-24-15-7-2-8-16-24/h1-17,19H,18,20-22H2. The molecule has 0 fully saturated rings. The quantitative estimate of drug-likeness (QED) is 0.619. The van der Waals surface area contributed by atoms with Gasteiger partial charge in [-0.25, -0.2) is 0 Å². The van der Waals surface area contributed by atoms with E-state index in [0.29, 0.717) is 0 Å². The zero-order chi connectivity index (χ0) is 19.3. The van der Waals surface area contributed by atoms with E-state index < -0.39 is 10.8 Å². The molecule has 0 spiro atoms. The fourth-order valence-electron chi connectivity index (χ4n) is 4.25. The van der Waals surface area contributed by atoms with Crippen molar-refractivity contribution in [3.05, 3.63) is 120 Å². The summed E-state index contributed by atoms with van der Waals surface area (Å²) in [5, 5.41) is 0. The fourth-order valence-corrected chi connectivity index (χ4v) is 6.55. The maximum Gasteiger partial charge on any atom is 0.0724 e. The van der Waals surface area contributed by atoms with Gasteiger partial charge in [-0.3, -0.25) is 4.21 Å². The van der Waals surface area contributed by atoms with Crippen LogP contribution < -0.4 is 0 Å². The zero-order valence-electron chi connectivity index (χ0n) is 16.0. The Morgan fingerprint density at radius 3 is 1.43 bits per heavy atom. The van der Waals surface area contributed by atoms with Crippen LogP contribution in [-0.2, 0) is 23.6 Å². The van der Waals surface area contributed by atoms with E-state index in [1.807, 2.05) is 12.1 Å². The van der Waals surface area contributed by atoms with Crippen molar-refractivity contribution in [2.75, 3.05) is 0 Å². The van der Waals surface area contributed by atoms with Gasteiger partial charge in [0.05, 0.1) is 9.49 Å². The maximum absolute atomic E-state index is 14.3. The van der Waals surface area contributed by atoms with Gasteiger partial charge in [-0.2, -0.15) is 0 Å². The van der Waals surface area contributed by atoms with Crippen molar-refractivity contribution in [2.24, 2.45) is 0 Å². The number of rotatable bonds is 6.